The molecule has 1 saturated heterocycles. The predicted molar refractivity (Wildman–Crippen MR) is 136 cm³/mol. The van der Waals surface area contributed by atoms with Gasteiger partial charge in [0.1, 0.15) is 5.82 Å². The zero-order chi connectivity index (χ0) is 25.2. The van der Waals surface area contributed by atoms with Crippen molar-refractivity contribution in [1.82, 2.24) is 14.9 Å². The number of hydrogen-bond acceptors (Lipinski definition) is 9. The number of anilines is 2. The van der Waals surface area contributed by atoms with E-state index in [-0.39, 0.29) is 18.2 Å². The number of benzene rings is 1. The van der Waals surface area contributed by atoms with Crippen LogP contribution in [-0.4, -0.2) is 71.8 Å². The van der Waals surface area contributed by atoms with Gasteiger partial charge in [0.15, 0.2) is 17.3 Å². The van der Waals surface area contributed by atoms with Gasteiger partial charge < -0.3 is 29.0 Å². The fourth-order valence-electron chi connectivity index (χ4n) is 3.91. The number of amides is 2. The lowest BCUT2D eigenvalue weighted by Gasteiger charge is -2.34. The molecule has 1 N–H and O–H groups in total. The highest BCUT2D eigenvalue weighted by Gasteiger charge is 2.26. The van der Waals surface area contributed by atoms with Crippen molar-refractivity contribution in [3.8, 4) is 11.5 Å². The van der Waals surface area contributed by atoms with Gasteiger partial charge in [-0.15, -0.1) is 0 Å². The van der Waals surface area contributed by atoms with Gasteiger partial charge in [-0.1, -0.05) is 13.8 Å². The molecule has 10 nitrogen and oxygen atoms in total. The molecule has 0 aliphatic carbocycles. The van der Waals surface area contributed by atoms with Crippen LogP contribution in [0.5, 0.6) is 11.5 Å². The molecule has 1 aliphatic heterocycles. The molecule has 0 unspecified atom stereocenters. The lowest BCUT2D eigenvalue weighted by molar-refractivity contribution is -0.116. The van der Waals surface area contributed by atoms with E-state index in [2.05, 4.69) is 22.9 Å². The largest absolute Gasteiger partial charge is 0.493 e. The number of aromatic nitrogens is 2. The number of furan rings is 1. The molecule has 1 aromatic carbocycles. The standard InChI is InChI=1S/C24H29N5O5S/c1-24(2,35)14-20(30)26-21-15-12-18(32-3)19(33-4)13-16(15)25-23(27-21)29-9-7-28(8-10-29)22(31)17-6-5-11-34-17/h5-6,11-13,35H,7-10,14H2,1-4H3,(H,25,26,27,30). The van der Waals surface area contributed by atoms with E-state index in [9.17, 15) is 9.59 Å². The highest BCUT2D eigenvalue weighted by atomic mass is 32.1. The molecule has 4 rings (SSSR count). The highest BCUT2D eigenvalue weighted by molar-refractivity contribution is 7.81. The van der Waals surface area contributed by atoms with Crippen LogP contribution in [0.4, 0.5) is 11.8 Å². The summed E-state index contributed by atoms with van der Waals surface area (Å²) in [5.74, 6) is 1.82. The lowest BCUT2D eigenvalue weighted by Crippen LogP contribution is -2.49. The lowest BCUT2D eigenvalue weighted by atomic mass is 10.1. The monoisotopic (exact) mass is 499 g/mol. The Kier molecular flexibility index (Phi) is 7.06. The Labute approximate surface area is 209 Å². The predicted octanol–water partition coefficient (Wildman–Crippen LogP) is 3.24. The Morgan fingerprint density at radius 3 is 2.40 bits per heavy atom. The van der Waals surface area contributed by atoms with Crippen LogP contribution in [0.15, 0.2) is 34.9 Å². The Morgan fingerprint density at radius 2 is 1.80 bits per heavy atom. The van der Waals surface area contributed by atoms with Gasteiger partial charge in [-0.25, -0.2) is 4.98 Å². The third kappa shape index (κ3) is 5.61. The number of piperazine rings is 1. The molecule has 0 saturated carbocycles. The number of hydrogen-bond donors (Lipinski definition) is 2. The minimum atomic E-state index is -0.479. The summed E-state index contributed by atoms with van der Waals surface area (Å²) >= 11 is 4.46. The van der Waals surface area contributed by atoms with Gasteiger partial charge in [0, 0.05) is 48.8 Å². The number of ether oxygens (including phenoxy) is 2. The van der Waals surface area contributed by atoms with E-state index < -0.39 is 4.75 Å². The molecule has 1 fully saturated rings. The highest BCUT2D eigenvalue weighted by Crippen LogP contribution is 2.35. The summed E-state index contributed by atoms with van der Waals surface area (Å²) in [7, 11) is 3.10. The molecular formula is C24H29N5O5S. The number of fused-ring (bicyclic) bond motifs is 1. The first-order valence-electron chi connectivity index (χ1n) is 11.2. The minimum Gasteiger partial charge on any atom is -0.493 e. The maximum absolute atomic E-state index is 12.7. The number of rotatable bonds is 7. The van der Waals surface area contributed by atoms with Crippen LogP contribution < -0.4 is 19.7 Å². The molecule has 0 spiro atoms. The van der Waals surface area contributed by atoms with Crippen molar-refractivity contribution in [2.24, 2.45) is 0 Å². The number of carbonyl (C=O) groups excluding carboxylic acids is 2. The minimum absolute atomic E-state index is 0.145. The number of thiol groups is 1. The molecule has 0 atom stereocenters. The summed E-state index contributed by atoms with van der Waals surface area (Å²) in [4.78, 5) is 38.5. The van der Waals surface area contributed by atoms with Crippen molar-refractivity contribution in [1.29, 1.82) is 0 Å². The van der Waals surface area contributed by atoms with Gasteiger partial charge in [-0.3, -0.25) is 9.59 Å². The molecule has 2 amide bonds. The average Bonchev–Trinajstić information content (AvgIpc) is 3.36. The van der Waals surface area contributed by atoms with Gasteiger partial charge in [-0.05, 0) is 18.2 Å². The fourth-order valence-corrected chi connectivity index (χ4v) is 4.06. The van der Waals surface area contributed by atoms with E-state index in [1.807, 2.05) is 18.7 Å². The van der Waals surface area contributed by atoms with E-state index in [0.717, 1.165) is 0 Å². The molecule has 11 heteroatoms. The third-order valence-electron chi connectivity index (χ3n) is 5.62. The Bertz CT molecular complexity index is 1220. The average molecular weight is 500 g/mol. The summed E-state index contributed by atoms with van der Waals surface area (Å²) in [6.07, 6.45) is 1.69. The van der Waals surface area contributed by atoms with Crippen LogP contribution in [0.1, 0.15) is 30.8 Å². The van der Waals surface area contributed by atoms with E-state index >= 15 is 0 Å². The molecule has 186 valence electrons. The van der Waals surface area contributed by atoms with E-state index in [0.29, 0.717) is 66.1 Å². The Hall–Kier alpha value is -3.47. The van der Waals surface area contributed by atoms with Crippen molar-refractivity contribution < 1.29 is 23.5 Å². The van der Waals surface area contributed by atoms with Crippen LogP contribution in [0.3, 0.4) is 0 Å². The first-order chi connectivity index (χ1) is 16.7. The van der Waals surface area contributed by atoms with Crippen LogP contribution in [0.2, 0.25) is 0 Å². The van der Waals surface area contributed by atoms with Crippen LogP contribution in [-0.2, 0) is 4.79 Å². The quantitative estimate of drug-likeness (QED) is 0.477. The molecule has 3 aromatic rings. The van der Waals surface area contributed by atoms with Gasteiger partial charge in [0.2, 0.25) is 11.9 Å². The summed E-state index contributed by atoms with van der Waals surface area (Å²) in [6, 6.07) is 6.86. The van der Waals surface area contributed by atoms with Crippen molar-refractivity contribution in [2.75, 3.05) is 50.6 Å². The zero-order valence-electron chi connectivity index (χ0n) is 20.2. The van der Waals surface area contributed by atoms with Crippen LogP contribution in [0, 0.1) is 0 Å². The summed E-state index contributed by atoms with van der Waals surface area (Å²) in [5.41, 5.74) is 0.599. The molecular weight excluding hydrogens is 470 g/mol. The van der Waals surface area contributed by atoms with Gasteiger partial charge in [0.05, 0.1) is 26.0 Å². The second-order valence-electron chi connectivity index (χ2n) is 8.89. The van der Waals surface area contributed by atoms with Crippen LogP contribution >= 0.6 is 12.6 Å². The van der Waals surface area contributed by atoms with Crippen LogP contribution in [0.25, 0.3) is 10.9 Å². The molecule has 35 heavy (non-hydrogen) atoms. The maximum Gasteiger partial charge on any atom is 0.289 e. The van der Waals surface area contributed by atoms with Crippen molar-refractivity contribution in [3.63, 3.8) is 0 Å². The Balaban J connectivity index is 1.63. The first-order valence-corrected chi connectivity index (χ1v) is 11.7. The maximum atomic E-state index is 12.7. The van der Waals surface area contributed by atoms with E-state index in [1.165, 1.54) is 6.26 Å². The van der Waals surface area contributed by atoms with Crippen molar-refractivity contribution in [2.45, 2.75) is 25.0 Å². The topological polar surface area (TPSA) is 110 Å². The molecule has 0 bridgehead atoms. The second kappa shape index (κ2) is 10.0. The number of nitrogens with zero attached hydrogens (tertiary/aromatic N) is 4. The van der Waals surface area contributed by atoms with Crippen molar-refractivity contribution in [3.05, 3.63) is 36.3 Å². The number of methoxy groups -OCH3 is 2. The van der Waals surface area contributed by atoms with Gasteiger partial charge in [-0.2, -0.15) is 17.6 Å². The zero-order valence-corrected chi connectivity index (χ0v) is 21.1. The number of carbonyl (C=O) groups is 2. The third-order valence-corrected chi connectivity index (χ3v) is 5.78. The van der Waals surface area contributed by atoms with Crippen molar-refractivity contribution >= 4 is 47.1 Å². The first kappa shape index (κ1) is 24.6. The molecule has 3 heterocycles. The fraction of sp³-hybridized carbons (Fsp3) is 0.417. The van der Waals surface area contributed by atoms with Gasteiger partial charge in [0.25, 0.3) is 5.91 Å². The molecule has 0 radical (unpaired) electrons. The molecule has 2 aromatic heterocycles. The van der Waals surface area contributed by atoms with E-state index in [4.69, 9.17) is 18.9 Å². The summed E-state index contributed by atoms with van der Waals surface area (Å²) < 4.78 is 15.6. The number of nitrogens with one attached hydrogen (secondary N) is 1. The summed E-state index contributed by atoms with van der Waals surface area (Å²) in [6.45, 7) is 5.78. The summed E-state index contributed by atoms with van der Waals surface area (Å²) in [5, 5.41) is 3.54. The Morgan fingerprint density at radius 1 is 1.11 bits per heavy atom. The van der Waals surface area contributed by atoms with Gasteiger partial charge >= 0.3 is 0 Å². The SMILES string of the molecule is COc1cc2nc(N3CCN(C(=O)c4ccco4)CC3)nc(NC(=O)CC(C)(C)S)c2cc1OC. The molecule has 1 aliphatic rings. The van der Waals surface area contributed by atoms with E-state index in [1.54, 1.807) is 43.4 Å². The second-order valence-corrected chi connectivity index (χ2v) is 10.1. The normalized spacial score (nSPS) is 14.2. The smallest absolute Gasteiger partial charge is 0.289 e.